The van der Waals surface area contributed by atoms with Crippen LogP contribution in [-0.4, -0.2) is 28.7 Å². The quantitative estimate of drug-likeness (QED) is 0.782. The molecule has 0 aliphatic carbocycles. The van der Waals surface area contributed by atoms with Crippen LogP contribution in [0.3, 0.4) is 0 Å². The van der Waals surface area contributed by atoms with E-state index in [2.05, 4.69) is 6.08 Å². The van der Waals surface area contributed by atoms with Crippen molar-refractivity contribution in [2.75, 3.05) is 0 Å². The van der Waals surface area contributed by atoms with Gasteiger partial charge in [0, 0.05) is 6.04 Å². The Labute approximate surface area is 119 Å². The van der Waals surface area contributed by atoms with Crippen molar-refractivity contribution >= 4 is 11.7 Å². The fraction of sp³-hybridized carbons (Fsp3) is 0.562. The lowest BCUT2D eigenvalue weighted by Gasteiger charge is -2.35. The summed E-state index contributed by atoms with van der Waals surface area (Å²) >= 11 is 0. The SMILES string of the molecule is CC(C)(C)OC(=O)N1C2C=C(c3ccco3)CC1CC2. The number of carbonyl (C=O) groups excluding carboxylic acids is 1. The first-order valence-corrected chi connectivity index (χ1v) is 7.20. The Morgan fingerprint density at radius 2 is 2.20 bits per heavy atom. The van der Waals surface area contributed by atoms with Gasteiger partial charge in [0.25, 0.3) is 0 Å². The van der Waals surface area contributed by atoms with Crippen LogP contribution in [0.1, 0.15) is 45.8 Å². The van der Waals surface area contributed by atoms with Gasteiger partial charge in [-0.05, 0) is 57.7 Å². The van der Waals surface area contributed by atoms with Crippen molar-refractivity contribution < 1.29 is 13.9 Å². The molecule has 0 aromatic carbocycles. The predicted molar refractivity (Wildman–Crippen MR) is 76.2 cm³/mol. The van der Waals surface area contributed by atoms with Crippen molar-refractivity contribution in [3.05, 3.63) is 30.2 Å². The molecule has 1 saturated heterocycles. The van der Waals surface area contributed by atoms with E-state index in [9.17, 15) is 4.79 Å². The monoisotopic (exact) mass is 275 g/mol. The summed E-state index contributed by atoms with van der Waals surface area (Å²) < 4.78 is 11.0. The highest BCUT2D eigenvalue weighted by atomic mass is 16.6. The highest BCUT2D eigenvalue weighted by Gasteiger charge is 2.41. The van der Waals surface area contributed by atoms with E-state index in [0.29, 0.717) is 0 Å². The molecule has 108 valence electrons. The third-order valence-electron chi connectivity index (χ3n) is 3.84. The van der Waals surface area contributed by atoms with Crippen LogP contribution in [-0.2, 0) is 4.74 Å². The number of furan rings is 1. The largest absolute Gasteiger partial charge is 0.465 e. The molecule has 2 aliphatic rings. The summed E-state index contributed by atoms with van der Waals surface area (Å²) in [6, 6.07) is 4.26. The van der Waals surface area contributed by atoms with E-state index in [0.717, 1.165) is 25.0 Å². The normalized spacial score (nSPS) is 25.6. The summed E-state index contributed by atoms with van der Waals surface area (Å²) in [4.78, 5) is 14.2. The second-order valence-electron chi connectivity index (χ2n) is 6.56. The number of carbonyl (C=O) groups is 1. The summed E-state index contributed by atoms with van der Waals surface area (Å²) in [6.07, 6.45) is 6.55. The highest BCUT2D eigenvalue weighted by molar-refractivity contribution is 5.74. The molecule has 0 saturated carbocycles. The molecule has 2 bridgehead atoms. The molecule has 2 atom stereocenters. The van der Waals surface area contributed by atoms with Crippen molar-refractivity contribution in [3.63, 3.8) is 0 Å². The topological polar surface area (TPSA) is 42.7 Å². The molecule has 2 unspecified atom stereocenters. The van der Waals surface area contributed by atoms with Gasteiger partial charge in [-0.1, -0.05) is 6.08 Å². The molecule has 0 N–H and O–H groups in total. The van der Waals surface area contributed by atoms with Crippen LogP contribution in [0.15, 0.2) is 28.9 Å². The van der Waals surface area contributed by atoms with Crippen LogP contribution in [0, 0.1) is 0 Å². The Kier molecular flexibility index (Phi) is 3.11. The van der Waals surface area contributed by atoms with Crippen molar-refractivity contribution in [2.45, 2.75) is 57.7 Å². The minimum Gasteiger partial charge on any atom is -0.465 e. The van der Waals surface area contributed by atoms with E-state index in [1.807, 2.05) is 37.8 Å². The fourth-order valence-electron chi connectivity index (χ4n) is 3.07. The molecule has 2 aliphatic heterocycles. The van der Waals surface area contributed by atoms with E-state index in [1.165, 1.54) is 5.57 Å². The van der Waals surface area contributed by atoms with E-state index in [-0.39, 0.29) is 18.2 Å². The molecule has 3 rings (SSSR count). The standard InChI is InChI=1S/C16H21NO3/c1-16(2,3)20-15(18)17-12-6-7-13(17)10-11(9-12)14-5-4-8-19-14/h4-5,8-9,12-13H,6-7,10H2,1-3H3. The molecule has 3 heterocycles. The predicted octanol–water partition coefficient (Wildman–Crippen LogP) is 3.83. The summed E-state index contributed by atoms with van der Waals surface area (Å²) in [6.45, 7) is 5.71. The summed E-state index contributed by atoms with van der Waals surface area (Å²) in [7, 11) is 0. The number of fused-ring (bicyclic) bond motifs is 2. The average molecular weight is 275 g/mol. The molecule has 1 aromatic heterocycles. The van der Waals surface area contributed by atoms with Crippen LogP contribution in [0.5, 0.6) is 0 Å². The lowest BCUT2D eigenvalue weighted by molar-refractivity contribution is 0.0174. The Morgan fingerprint density at radius 1 is 1.40 bits per heavy atom. The van der Waals surface area contributed by atoms with Crippen LogP contribution >= 0.6 is 0 Å². The molecular formula is C16H21NO3. The maximum absolute atomic E-state index is 12.3. The van der Waals surface area contributed by atoms with Gasteiger partial charge in [-0.25, -0.2) is 4.79 Å². The van der Waals surface area contributed by atoms with Gasteiger partial charge in [0.05, 0.1) is 12.3 Å². The Morgan fingerprint density at radius 3 is 2.80 bits per heavy atom. The number of nitrogens with zero attached hydrogens (tertiary/aromatic N) is 1. The lowest BCUT2D eigenvalue weighted by atomic mass is 10.00. The van der Waals surface area contributed by atoms with Gasteiger partial charge < -0.3 is 9.15 Å². The maximum Gasteiger partial charge on any atom is 0.411 e. The fourth-order valence-corrected chi connectivity index (χ4v) is 3.07. The van der Waals surface area contributed by atoms with Gasteiger partial charge in [-0.15, -0.1) is 0 Å². The number of rotatable bonds is 1. The molecule has 1 amide bonds. The molecule has 0 radical (unpaired) electrons. The maximum atomic E-state index is 12.3. The molecule has 20 heavy (non-hydrogen) atoms. The van der Waals surface area contributed by atoms with Crippen molar-refractivity contribution in [2.24, 2.45) is 0 Å². The minimum absolute atomic E-state index is 0.142. The van der Waals surface area contributed by atoms with Crippen LogP contribution in [0.2, 0.25) is 0 Å². The van der Waals surface area contributed by atoms with Gasteiger partial charge in [-0.3, -0.25) is 4.90 Å². The zero-order chi connectivity index (χ0) is 14.3. The van der Waals surface area contributed by atoms with Gasteiger partial charge in [0.2, 0.25) is 0 Å². The summed E-state index contributed by atoms with van der Waals surface area (Å²) in [5, 5.41) is 0. The highest BCUT2D eigenvalue weighted by Crippen LogP contribution is 2.39. The van der Waals surface area contributed by atoms with Gasteiger partial charge >= 0.3 is 6.09 Å². The van der Waals surface area contributed by atoms with Gasteiger partial charge in [0.15, 0.2) is 0 Å². The van der Waals surface area contributed by atoms with Crippen molar-refractivity contribution in [1.82, 2.24) is 4.90 Å². The van der Waals surface area contributed by atoms with Crippen molar-refractivity contribution in [3.8, 4) is 0 Å². The van der Waals surface area contributed by atoms with Crippen LogP contribution < -0.4 is 0 Å². The first-order chi connectivity index (χ1) is 9.44. The Hall–Kier alpha value is -1.71. The van der Waals surface area contributed by atoms with Gasteiger partial charge in [0.1, 0.15) is 11.4 Å². The first-order valence-electron chi connectivity index (χ1n) is 7.20. The molecule has 4 nitrogen and oxygen atoms in total. The summed E-state index contributed by atoms with van der Waals surface area (Å²) in [5.41, 5.74) is 0.768. The first kappa shape index (κ1) is 13.3. The molecule has 1 fully saturated rings. The second-order valence-corrected chi connectivity index (χ2v) is 6.56. The van der Waals surface area contributed by atoms with E-state index in [1.54, 1.807) is 6.26 Å². The van der Waals surface area contributed by atoms with E-state index >= 15 is 0 Å². The van der Waals surface area contributed by atoms with Crippen molar-refractivity contribution in [1.29, 1.82) is 0 Å². The molecule has 1 aromatic rings. The molecular weight excluding hydrogens is 254 g/mol. The third kappa shape index (κ3) is 2.47. The average Bonchev–Trinajstić information content (AvgIpc) is 2.94. The third-order valence-corrected chi connectivity index (χ3v) is 3.84. The smallest absolute Gasteiger partial charge is 0.411 e. The Bertz CT molecular complexity index is 524. The Balaban J connectivity index is 1.79. The zero-order valence-electron chi connectivity index (χ0n) is 12.3. The van der Waals surface area contributed by atoms with E-state index < -0.39 is 5.60 Å². The van der Waals surface area contributed by atoms with Crippen LogP contribution in [0.25, 0.3) is 5.57 Å². The van der Waals surface area contributed by atoms with E-state index in [4.69, 9.17) is 9.15 Å². The molecule has 4 heteroatoms. The number of amides is 1. The van der Waals surface area contributed by atoms with Crippen LogP contribution in [0.4, 0.5) is 4.79 Å². The minimum atomic E-state index is -0.443. The van der Waals surface area contributed by atoms with Gasteiger partial charge in [-0.2, -0.15) is 0 Å². The summed E-state index contributed by atoms with van der Waals surface area (Å²) in [5.74, 6) is 0.922. The number of hydrogen-bond donors (Lipinski definition) is 0. The number of hydrogen-bond acceptors (Lipinski definition) is 3. The number of ether oxygens (including phenoxy) is 1. The zero-order valence-corrected chi connectivity index (χ0v) is 12.3. The molecule has 0 spiro atoms. The second kappa shape index (κ2) is 4.69. The lowest BCUT2D eigenvalue weighted by Crippen LogP contribution is -2.45.